The van der Waals surface area contributed by atoms with Gasteiger partial charge in [0.25, 0.3) is 0 Å². The van der Waals surface area contributed by atoms with Crippen molar-refractivity contribution in [3.05, 3.63) is 52.8 Å². The van der Waals surface area contributed by atoms with Crippen molar-refractivity contribution in [1.29, 1.82) is 0 Å². The first-order valence-electron chi connectivity index (χ1n) is 10.3. The smallest absolute Gasteiger partial charge is 0.242 e. The number of carbonyl (C=O) groups excluding carboxylic acids is 1. The summed E-state index contributed by atoms with van der Waals surface area (Å²) in [6.07, 6.45) is 0.757. The van der Waals surface area contributed by atoms with E-state index >= 15 is 0 Å². The number of amides is 1. The molecule has 0 aliphatic carbocycles. The number of imidazole rings is 1. The monoisotopic (exact) mass is 442 g/mol. The molecule has 2 aromatic carbocycles. The summed E-state index contributed by atoms with van der Waals surface area (Å²) in [6, 6.07) is 9.09. The highest BCUT2D eigenvalue weighted by Crippen LogP contribution is 2.24. The molecule has 7 nitrogen and oxygen atoms in total. The van der Waals surface area contributed by atoms with Gasteiger partial charge in [0.1, 0.15) is 5.82 Å². The number of anilines is 1. The zero-order valence-electron chi connectivity index (χ0n) is 19.0. The van der Waals surface area contributed by atoms with Gasteiger partial charge in [0.15, 0.2) is 0 Å². The summed E-state index contributed by atoms with van der Waals surface area (Å²) in [7, 11) is -0.519. The minimum atomic E-state index is -3.53. The van der Waals surface area contributed by atoms with E-state index in [2.05, 4.69) is 22.4 Å². The van der Waals surface area contributed by atoms with Crippen LogP contribution in [0.15, 0.2) is 35.2 Å². The Morgan fingerprint density at radius 1 is 1.10 bits per heavy atom. The van der Waals surface area contributed by atoms with Gasteiger partial charge >= 0.3 is 0 Å². The number of aromatic nitrogens is 2. The second-order valence-corrected chi connectivity index (χ2v) is 10.2. The second kappa shape index (κ2) is 8.80. The molecule has 1 heterocycles. The van der Waals surface area contributed by atoms with Crippen LogP contribution < -0.4 is 5.32 Å². The maximum absolute atomic E-state index is 12.6. The molecular formula is C23H30N4O3S. The number of carbonyl (C=O) groups is 1. The van der Waals surface area contributed by atoms with Gasteiger partial charge in [-0.1, -0.05) is 17.7 Å². The molecule has 1 amide bonds. The minimum absolute atomic E-state index is 0.0689. The van der Waals surface area contributed by atoms with Crippen LogP contribution >= 0.6 is 0 Å². The molecule has 0 bridgehead atoms. The average Bonchev–Trinajstić information content (AvgIpc) is 3.05. The van der Waals surface area contributed by atoms with Gasteiger partial charge in [0, 0.05) is 39.2 Å². The van der Waals surface area contributed by atoms with E-state index < -0.39 is 10.0 Å². The van der Waals surface area contributed by atoms with Crippen molar-refractivity contribution in [2.24, 2.45) is 0 Å². The van der Waals surface area contributed by atoms with E-state index in [-0.39, 0.29) is 10.8 Å². The maximum atomic E-state index is 12.6. The van der Waals surface area contributed by atoms with Crippen molar-refractivity contribution in [3.8, 4) is 0 Å². The second-order valence-electron chi connectivity index (χ2n) is 8.03. The normalized spacial score (nSPS) is 12.0. The number of nitrogens with zero attached hydrogens (tertiary/aromatic N) is 3. The quantitative estimate of drug-likeness (QED) is 0.603. The van der Waals surface area contributed by atoms with Crippen LogP contribution in [0.5, 0.6) is 0 Å². The standard InChI is InChI=1S/C23H30N4O3S/c1-7-27-20-9-8-18(31(29,30)26(5)6)14-19(20)24-21(27)10-11-22(28)25-23-16(3)12-15(2)13-17(23)4/h8-9,12-14H,7,10-11H2,1-6H3,(H,25,28). The molecule has 1 N–H and O–H groups in total. The number of hydrogen-bond acceptors (Lipinski definition) is 4. The summed E-state index contributed by atoms with van der Waals surface area (Å²) in [5.74, 6) is 0.699. The van der Waals surface area contributed by atoms with Crippen LogP contribution in [0.25, 0.3) is 11.0 Å². The highest BCUT2D eigenvalue weighted by molar-refractivity contribution is 7.89. The average molecular weight is 443 g/mol. The lowest BCUT2D eigenvalue weighted by Crippen LogP contribution is -2.22. The first-order chi connectivity index (χ1) is 14.5. The van der Waals surface area contributed by atoms with E-state index in [4.69, 9.17) is 0 Å². The van der Waals surface area contributed by atoms with E-state index in [0.29, 0.717) is 24.9 Å². The fraction of sp³-hybridized carbons (Fsp3) is 0.391. The van der Waals surface area contributed by atoms with Gasteiger partial charge in [-0.2, -0.15) is 0 Å². The Morgan fingerprint density at radius 3 is 2.32 bits per heavy atom. The molecule has 1 aromatic heterocycles. The molecule has 3 rings (SSSR count). The number of rotatable bonds is 7. The van der Waals surface area contributed by atoms with Gasteiger partial charge in [0.2, 0.25) is 15.9 Å². The molecule has 3 aromatic rings. The van der Waals surface area contributed by atoms with E-state index in [1.807, 2.05) is 32.3 Å². The zero-order valence-corrected chi connectivity index (χ0v) is 19.8. The number of fused-ring (bicyclic) bond motifs is 1. The lowest BCUT2D eigenvalue weighted by Gasteiger charge is -2.13. The van der Waals surface area contributed by atoms with E-state index in [1.54, 1.807) is 18.2 Å². The number of hydrogen-bond donors (Lipinski definition) is 1. The summed E-state index contributed by atoms with van der Waals surface area (Å²) in [4.78, 5) is 17.5. The van der Waals surface area contributed by atoms with Crippen molar-refractivity contribution < 1.29 is 13.2 Å². The largest absolute Gasteiger partial charge is 0.328 e. The predicted octanol–water partition coefficient (Wildman–Crippen LogP) is 3.80. The Hall–Kier alpha value is -2.71. The van der Waals surface area contributed by atoms with Crippen molar-refractivity contribution in [2.75, 3.05) is 19.4 Å². The van der Waals surface area contributed by atoms with Crippen molar-refractivity contribution in [3.63, 3.8) is 0 Å². The molecular weight excluding hydrogens is 412 g/mol. The van der Waals surface area contributed by atoms with Gasteiger partial charge in [-0.3, -0.25) is 4.79 Å². The lowest BCUT2D eigenvalue weighted by atomic mass is 10.0. The Bertz CT molecular complexity index is 1220. The Morgan fingerprint density at radius 2 is 1.74 bits per heavy atom. The van der Waals surface area contributed by atoms with Crippen molar-refractivity contribution in [1.82, 2.24) is 13.9 Å². The SMILES string of the molecule is CCn1c(CCC(=O)Nc2c(C)cc(C)cc2C)nc2cc(S(=O)(=O)N(C)C)ccc21. The molecule has 0 aliphatic heterocycles. The van der Waals surface area contributed by atoms with Gasteiger partial charge in [-0.15, -0.1) is 0 Å². The summed E-state index contributed by atoms with van der Waals surface area (Å²) in [5.41, 5.74) is 5.59. The number of nitrogens with one attached hydrogen (secondary N) is 1. The highest BCUT2D eigenvalue weighted by atomic mass is 32.2. The summed E-state index contributed by atoms with van der Waals surface area (Å²) < 4.78 is 28.1. The van der Waals surface area contributed by atoms with E-state index in [9.17, 15) is 13.2 Å². The minimum Gasteiger partial charge on any atom is -0.328 e. The Labute approximate surface area is 184 Å². The topological polar surface area (TPSA) is 84.3 Å². The first-order valence-corrected chi connectivity index (χ1v) is 11.8. The third-order valence-corrected chi connectivity index (χ3v) is 7.22. The fourth-order valence-electron chi connectivity index (χ4n) is 3.88. The van der Waals surface area contributed by atoms with Gasteiger partial charge in [-0.25, -0.2) is 17.7 Å². The van der Waals surface area contributed by atoms with E-state index in [0.717, 1.165) is 28.2 Å². The summed E-state index contributed by atoms with van der Waals surface area (Å²) >= 11 is 0. The molecule has 8 heteroatoms. The number of sulfonamides is 1. The zero-order chi connectivity index (χ0) is 22.9. The molecule has 0 spiro atoms. The third-order valence-electron chi connectivity index (χ3n) is 5.41. The molecule has 0 saturated carbocycles. The summed E-state index contributed by atoms with van der Waals surface area (Å²) in [6.45, 7) is 8.71. The van der Waals surface area contributed by atoms with Crippen LogP contribution in [0.3, 0.4) is 0 Å². The van der Waals surface area contributed by atoms with Crippen LogP contribution in [0.1, 0.15) is 35.9 Å². The highest BCUT2D eigenvalue weighted by Gasteiger charge is 2.20. The van der Waals surface area contributed by atoms with E-state index in [1.165, 1.54) is 24.0 Å². The third kappa shape index (κ3) is 4.65. The molecule has 0 fully saturated rings. The fourth-order valence-corrected chi connectivity index (χ4v) is 4.80. The lowest BCUT2D eigenvalue weighted by molar-refractivity contribution is -0.116. The number of aryl methyl sites for hydroxylation is 5. The van der Waals surface area contributed by atoms with Crippen LogP contribution in [0.2, 0.25) is 0 Å². The van der Waals surface area contributed by atoms with Crippen LogP contribution in [0.4, 0.5) is 5.69 Å². The van der Waals surface area contributed by atoms with Gasteiger partial charge in [-0.05, 0) is 57.0 Å². The first kappa shape index (κ1) is 23.0. The van der Waals surface area contributed by atoms with Crippen molar-refractivity contribution in [2.45, 2.75) is 52.0 Å². The Balaban J connectivity index is 1.82. The molecule has 0 aliphatic rings. The molecule has 0 unspecified atom stereocenters. The van der Waals surface area contributed by atoms with Crippen LogP contribution in [-0.2, 0) is 27.8 Å². The summed E-state index contributed by atoms with van der Waals surface area (Å²) in [5, 5.41) is 3.03. The molecule has 31 heavy (non-hydrogen) atoms. The molecule has 0 atom stereocenters. The molecule has 166 valence electrons. The maximum Gasteiger partial charge on any atom is 0.242 e. The van der Waals surface area contributed by atoms with Gasteiger partial charge < -0.3 is 9.88 Å². The molecule has 0 radical (unpaired) electrons. The van der Waals surface area contributed by atoms with Gasteiger partial charge in [0.05, 0.1) is 15.9 Å². The predicted molar refractivity (Wildman–Crippen MR) is 124 cm³/mol. The van der Waals surface area contributed by atoms with Crippen LogP contribution in [0, 0.1) is 20.8 Å². The Kier molecular flexibility index (Phi) is 6.52. The van der Waals surface area contributed by atoms with Crippen LogP contribution in [-0.4, -0.2) is 42.3 Å². The number of benzene rings is 2. The van der Waals surface area contributed by atoms with Crippen molar-refractivity contribution >= 4 is 32.7 Å². The molecule has 0 saturated heterocycles.